The fourth-order valence-electron chi connectivity index (χ4n) is 2.23. The van der Waals surface area contributed by atoms with Gasteiger partial charge in [0.05, 0.1) is 17.6 Å². The van der Waals surface area contributed by atoms with E-state index in [9.17, 15) is 4.79 Å². The van der Waals surface area contributed by atoms with Crippen LogP contribution in [0.4, 0.5) is 11.4 Å². The van der Waals surface area contributed by atoms with Crippen molar-refractivity contribution in [3.05, 3.63) is 41.7 Å². The molecule has 1 aliphatic heterocycles. The van der Waals surface area contributed by atoms with E-state index in [1.165, 1.54) is 0 Å². The van der Waals surface area contributed by atoms with E-state index in [4.69, 9.17) is 0 Å². The van der Waals surface area contributed by atoms with Gasteiger partial charge in [0.15, 0.2) is 0 Å². The Morgan fingerprint density at radius 2 is 2.15 bits per heavy atom. The monoisotopic (exact) mass is 271 g/mol. The minimum atomic E-state index is -0.0796. The number of benzene rings is 1. The summed E-state index contributed by atoms with van der Waals surface area (Å²) in [7, 11) is 1.85. The van der Waals surface area contributed by atoms with Crippen LogP contribution in [-0.4, -0.2) is 28.8 Å². The molecule has 3 rings (SSSR count). The van der Waals surface area contributed by atoms with Crippen molar-refractivity contribution in [3.63, 3.8) is 0 Å². The highest BCUT2D eigenvalue weighted by Gasteiger charge is 2.12. The van der Waals surface area contributed by atoms with Crippen LogP contribution < -0.4 is 16.0 Å². The lowest BCUT2D eigenvalue weighted by molar-refractivity contribution is 0.0951. The first-order valence-corrected chi connectivity index (χ1v) is 6.60. The van der Waals surface area contributed by atoms with Crippen LogP contribution in [0.1, 0.15) is 15.9 Å². The number of aromatic nitrogens is 2. The van der Waals surface area contributed by atoms with Crippen LogP contribution in [0, 0.1) is 0 Å². The smallest absolute Gasteiger partial charge is 0.251 e. The lowest BCUT2D eigenvalue weighted by atomic mass is 10.1. The summed E-state index contributed by atoms with van der Waals surface area (Å²) in [5.41, 5.74) is 3.66. The van der Waals surface area contributed by atoms with Gasteiger partial charge in [0.25, 0.3) is 5.91 Å². The number of fused-ring (bicyclic) bond motifs is 1. The second kappa shape index (κ2) is 5.24. The first kappa shape index (κ1) is 12.5. The Morgan fingerprint density at radius 1 is 1.35 bits per heavy atom. The number of carbonyl (C=O) groups is 1. The zero-order chi connectivity index (χ0) is 13.9. The van der Waals surface area contributed by atoms with Gasteiger partial charge in [0.2, 0.25) is 0 Å². The highest BCUT2D eigenvalue weighted by Crippen LogP contribution is 2.25. The van der Waals surface area contributed by atoms with Gasteiger partial charge >= 0.3 is 0 Å². The molecular weight excluding hydrogens is 254 g/mol. The average Bonchev–Trinajstić information content (AvgIpc) is 2.90. The van der Waals surface area contributed by atoms with Crippen LogP contribution >= 0.6 is 0 Å². The van der Waals surface area contributed by atoms with Crippen molar-refractivity contribution >= 4 is 17.3 Å². The number of nitrogens with zero attached hydrogens (tertiary/aromatic N) is 2. The van der Waals surface area contributed by atoms with E-state index in [2.05, 4.69) is 21.0 Å². The minimum Gasteiger partial charge on any atom is -0.382 e. The number of anilines is 2. The fraction of sp³-hybridized carbons (Fsp3) is 0.286. The second-order valence-corrected chi connectivity index (χ2v) is 4.82. The van der Waals surface area contributed by atoms with E-state index in [0.29, 0.717) is 12.1 Å². The van der Waals surface area contributed by atoms with E-state index >= 15 is 0 Å². The SMILES string of the molecule is Cn1cc(CNC(=O)c2ccc3c(c2)NCCN3)cn1. The molecule has 3 N–H and O–H groups in total. The summed E-state index contributed by atoms with van der Waals surface area (Å²) in [6.45, 7) is 2.25. The largest absolute Gasteiger partial charge is 0.382 e. The number of carbonyl (C=O) groups excluding carboxylic acids is 1. The first-order valence-electron chi connectivity index (χ1n) is 6.60. The number of hydrogen-bond donors (Lipinski definition) is 3. The third kappa shape index (κ3) is 2.59. The molecule has 1 aromatic heterocycles. The van der Waals surface area contributed by atoms with E-state index in [1.54, 1.807) is 10.9 Å². The molecule has 0 saturated heterocycles. The summed E-state index contributed by atoms with van der Waals surface area (Å²) in [6, 6.07) is 5.64. The molecule has 1 aromatic carbocycles. The van der Waals surface area contributed by atoms with Crippen molar-refractivity contribution in [3.8, 4) is 0 Å². The average molecular weight is 271 g/mol. The van der Waals surface area contributed by atoms with Crippen molar-refractivity contribution in [2.45, 2.75) is 6.54 Å². The number of nitrogens with one attached hydrogen (secondary N) is 3. The Labute approximate surface area is 117 Å². The summed E-state index contributed by atoms with van der Waals surface area (Å²) in [4.78, 5) is 12.1. The predicted molar refractivity (Wildman–Crippen MR) is 77.8 cm³/mol. The molecule has 2 heterocycles. The highest BCUT2D eigenvalue weighted by atomic mass is 16.1. The van der Waals surface area contributed by atoms with Crippen molar-refractivity contribution in [1.29, 1.82) is 0 Å². The summed E-state index contributed by atoms with van der Waals surface area (Å²) >= 11 is 0. The van der Waals surface area contributed by atoms with Gasteiger partial charge < -0.3 is 16.0 Å². The third-order valence-corrected chi connectivity index (χ3v) is 3.25. The first-order chi connectivity index (χ1) is 9.72. The molecule has 104 valence electrons. The molecule has 6 heteroatoms. The lowest BCUT2D eigenvalue weighted by Gasteiger charge is -2.20. The van der Waals surface area contributed by atoms with Gasteiger partial charge in [-0.25, -0.2) is 0 Å². The van der Waals surface area contributed by atoms with Gasteiger partial charge in [0.1, 0.15) is 0 Å². The summed E-state index contributed by atoms with van der Waals surface area (Å²) in [6.07, 6.45) is 3.64. The molecule has 20 heavy (non-hydrogen) atoms. The Balaban J connectivity index is 1.67. The maximum Gasteiger partial charge on any atom is 0.251 e. The summed E-state index contributed by atoms with van der Waals surface area (Å²) in [5.74, 6) is -0.0796. The molecule has 0 bridgehead atoms. The van der Waals surface area contributed by atoms with Crippen LogP contribution in [0.5, 0.6) is 0 Å². The number of amides is 1. The van der Waals surface area contributed by atoms with E-state index in [1.807, 2.05) is 31.4 Å². The van der Waals surface area contributed by atoms with Crippen molar-refractivity contribution in [1.82, 2.24) is 15.1 Å². The van der Waals surface area contributed by atoms with Crippen LogP contribution in [0.3, 0.4) is 0 Å². The molecule has 1 amide bonds. The van der Waals surface area contributed by atoms with Crippen LogP contribution in [0.15, 0.2) is 30.6 Å². The zero-order valence-electron chi connectivity index (χ0n) is 11.3. The van der Waals surface area contributed by atoms with E-state index < -0.39 is 0 Å². The van der Waals surface area contributed by atoms with Gasteiger partial charge in [0, 0.05) is 44.0 Å². The normalized spacial score (nSPS) is 13.1. The third-order valence-electron chi connectivity index (χ3n) is 3.25. The second-order valence-electron chi connectivity index (χ2n) is 4.82. The van der Waals surface area contributed by atoms with Crippen molar-refractivity contribution < 1.29 is 4.79 Å². The summed E-state index contributed by atoms with van der Waals surface area (Å²) < 4.78 is 1.72. The van der Waals surface area contributed by atoms with Gasteiger partial charge in [-0.05, 0) is 18.2 Å². The fourth-order valence-corrected chi connectivity index (χ4v) is 2.23. The molecule has 0 radical (unpaired) electrons. The van der Waals surface area contributed by atoms with Gasteiger partial charge in [-0.3, -0.25) is 9.48 Å². The van der Waals surface area contributed by atoms with Gasteiger partial charge in [-0.1, -0.05) is 0 Å². The van der Waals surface area contributed by atoms with Crippen LogP contribution in [-0.2, 0) is 13.6 Å². The molecule has 0 spiro atoms. The van der Waals surface area contributed by atoms with Crippen LogP contribution in [0.2, 0.25) is 0 Å². The molecule has 0 fully saturated rings. The molecule has 0 unspecified atom stereocenters. The maximum absolute atomic E-state index is 12.1. The molecule has 2 aromatic rings. The Morgan fingerprint density at radius 3 is 2.90 bits per heavy atom. The van der Waals surface area contributed by atoms with Gasteiger partial charge in [-0.2, -0.15) is 5.10 Å². The quantitative estimate of drug-likeness (QED) is 0.784. The molecule has 0 atom stereocenters. The van der Waals surface area contributed by atoms with E-state index in [0.717, 1.165) is 30.0 Å². The Hall–Kier alpha value is -2.50. The van der Waals surface area contributed by atoms with E-state index in [-0.39, 0.29) is 5.91 Å². The maximum atomic E-state index is 12.1. The molecule has 0 saturated carbocycles. The predicted octanol–water partition coefficient (Wildman–Crippen LogP) is 1.19. The molecule has 0 aliphatic carbocycles. The van der Waals surface area contributed by atoms with Crippen molar-refractivity contribution in [2.75, 3.05) is 23.7 Å². The Kier molecular flexibility index (Phi) is 3.28. The number of aryl methyl sites for hydroxylation is 1. The molecule has 6 nitrogen and oxygen atoms in total. The number of hydrogen-bond acceptors (Lipinski definition) is 4. The Bertz CT molecular complexity index is 634. The zero-order valence-corrected chi connectivity index (χ0v) is 11.3. The van der Waals surface area contributed by atoms with Crippen molar-refractivity contribution in [2.24, 2.45) is 7.05 Å². The highest BCUT2D eigenvalue weighted by molar-refractivity contribution is 5.96. The molecule has 1 aliphatic rings. The minimum absolute atomic E-state index is 0.0796. The summed E-state index contributed by atoms with van der Waals surface area (Å²) in [5, 5.41) is 13.5. The van der Waals surface area contributed by atoms with Gasteiger partial charge in [-0.15, -0.1) is 0 Å². The standard InChI is InChI=1S/C14H17N5O/c1-19-9-10(8-18-19)7-17-14(20)11-2-3-12-13(6-11)16-5-4-15-12/h2-3,6,8-9,15-16H,4-5,7H2,1H3,(H,17,20). The molecular formula is C14H17N5O. The van der Waals surface area contributed by atoms with Crippen LogP contribution in [0.25, 0.3) is 0 Å². The number of rotatable bonds is 3. The topological polar surface area (TPSA) is 71.0 Å². The lowest BCUT2D eigenvalue weighted by Crippen LogP contribution is -2.24.